The quantitative estimate of drug-likeness (QED) is 0.808. The Balaban J connectivity index is 1.97. The maximum absolute atomic E-state index is 12.0. The van der Waals surface area contributed by atoms with Crippen LogP contribution < -0.4 is 0 Å². The molecule has 0 radical (unpaired) electrons. The smallest absolute Gasteiger partial charge is 0.143 e. The van der Waals surface area contributed by atoms with Crippen LogP contribution in [-0.2, 0) is 17.8 Å². The van der Waals surface area contributed by atoms with Crippen LogP contribution in [0, 0.1) is 5.92 Å². The molecule has 0 unspecified atom stereocenters. The lowest BCUT2D eigenvalue weighted by Crippen LogP contribution is -2.11. The molecule has 1 fully saturated rings. The van der Waals surface area contributed by atoms with Gasteiger partial charge in [-0.2, -0.15) is 0 Å². The minimum atomic E-state index is 0.319. The van der Waals surface area contributed by atoms with Crippen molar-refractivity contribution in [3.63, 3.8) is 0 Å². The third kappa shape index (κ3) is 2.05. The van der Waals surface area contributed by atoms with Gasteiger partial charge < -0.3 is 4.57 Å². The van der Waals surface area contributed by atoms with Crippen molar-refractivity contribution >= 4 is 16.8 Å². The van der Waals surface area contributed by atoms with E-state index in [1.165, 1.54) is 0 Å². The summed E-state index contributed by atoms with van der Waals surface area (Å²) < 4.78 is 2.20. The highest BCUT2D eigenvalue weighted by Crippen LogP contribution is 2.31. The van der Waals surface area contributed by atoms with Crippen molar-refractivity contribution in [3.05, 3.63) is 30.1 Å². The second-order valence-corrected chi connectivity index (χ2v) is 5.09. The van der Waals surface area contributed by atoms with Gasteiger partial charge in [0.15, 0.2) is 0 Å². The Morgan fingerprint density at radius 2 is 2.17 bits per heavy atom. The molecule has 0 bridgehead atoms. The Morgan fingerprint density at radius 1 is 1.39 bits per heavy atom. The zero-order chi connectivity index (χ0) is 12.5. The predicted molar refractivity (Wildman–Crippen MR) is 71.5 cm³/mol. The number of nitrogens with zero attached hydrogens (tertiary/aromatic N) is 2. The van der Waals surface area contributed by atoms with Crippen LogP contribution in [-0.4, -0.2) is 15.3 Å². The van der Waals surface area contributed by atoms with Gasteiger partial charge in [0, 0.05) is 12.5 Å². The molecule has 1 saturated carbocycles. The average Bonchev–Trinajstić information content (AvgIpc) is 3.16. The van der Waals surface area contributed by atoms with Gasteiger partial charge in [0.05, 0.1) is 17.5 Å². The fourth-order valence-electron chi connectivity index (χ4n) is 2.44. The fraction of sp³-hybridized carbons (Fsp3) is 0.467. The molecule has 0 amide bonds. The Kier molecular flexibility index (Phi) is 2.90. The van der Waals surface area contributed by atoms with Gasteiger partial charge in [-0.1, -0.05) is 19.1 Å². The maximum Gasteiger partial charge on any atom is 0.143 e. The summed E-state index contributed by atoms with van der Waals surface area (Å²) in [6, 6.07) is 8.14. The molecule has 1 heterocycles. The number of Topliss-reactive ketones (excluding diaryl/α,β-unsaturated/α-hetero) is 1. The molecule has 1 aromatic heterocycles. The summed E-state index contributed by atoms with van der Waals surface area (Å²) in [7, 11) is 0. The summed E-state index contributed by atoms with van der Waals surface area (Å²) in [6.07, 6.45) is 3.71. The molecular weight excluding hydrogens is 224 g/mol. The molecule has 18 heavy (non-hydrogen) atoms. The summed E-state index contributed by atoms with van der Waals surface area (Å²) >= 11 is 0. The molecule has 0 aliphatic heterocycles. The number of hydrogen-bond donors (Lipinski definition) is 0. The lowest BCUT2D eigenvalue weighted by Gasteiger charge is -2.06. The monoisotopic (exact) mass is 242 g/mol. The minimum Gasteiger partial charge on any atom is -0.328 e. The molecule has 1 aromatic carbocycles. The van der Waals surface area contributed by atoms with Crippen molar-refractivity contribution < 1.29 is 4.79 Å². The third-order valence-corrected chi connectivity index (χ3v) is 3.55. The van der Waals surface area contributed by atoms with Gasteiger partial charge >= 0.3 is 0 Å². The third-order valence-electron chi connectivity index (χ3n) is 3.55. The van der Waals surface area contributed by atoms with Gasteiger partial charge in [0.1, 0.15) is 11.6 Å². The largest absolute Gasteiger partial charge is 0.328 e. The van der Waals surface area contributed by atoms with Crippen LogP contribution in [0.25, 0.3) is 11.0 Å². The standard InChI is InChI=1S/C15H18N2O/c1-2-9-17-13-6-4-3-5-12(13)16-15(17)10-14(18)11-7-8-11/h3-6,11H,2,7-10H2,1H3. The van der Waals surface area contributed by atoms with Crippen molar-refractivity contribution in [1.29, 1.82) is 0 Å². The van der Waals surface area contributed by atoms with E-state index in [1.807, 2.05) is 18.2 Å². The molecule has 0 spiro atoms. The number of rotatable bonds is 5. The first kappa shape index (κ1) is 11.5. The molecule has 94 valence electrons. The van der Waals surface area contributed by atoms with Crippen LogP contribution in [0.1, 0.15) is 32.0 Å². The Hall–Kier alpha value is -1.64. The fourth-order valence-corrected chi connectivity index (χ4v) is 2.44. The van der Waals surface area contributed by atoms with Crippen LogP contribution >= 0.6 is 0 Å². The van der Waals surface area contributed by atoms with E-state index in [4.69, 9.17) is 0 Å². The molecule has 0 atom stereocenters. The number of benzene rings is 1. The first-order valence-corrected chi connectivity index (χ1v) is 6.76. The lowest BCUT2D eigenvalue weighted by atomic mass is 10.2. The maximum atomic E-state index is 12.0. The summed E-state index contributed by atoms with van der Waals surface area (Å²) in [4.78, 5) is 16.6. The molecular formula is C15H18N2O. The zero-order valence-electron chi connectivity index (χ0n) is 10.7. The second kappa shape index (κ2) is 4.56. The van der Waals surface area contributed by atoms with E-state index in [1.54, 1.807) is 0 Å². The number of fused-ring (bicyclic) bond motifs is 1. The summed E-state index contributed by atoms with van der Waals surface area (Å²) in [5.74, 6) is 1.62. The van der Waals surface area contributed by atoms with Crippen molar-refractivity contribution in [2.24, 2.45) is 5.92 Å². The van der Waals surface area contributed by atoms with Gasteiger partial charge in [-0.05, 0) is 31.4 Å². The number of carbonyl (C=O) groups is 1. The molecule has 3 heteroatoms. The average molecular weight is 242 g/mol. The molecule has 1 aliphatic rings. The number of para-hydroxylation sites is 2. The minimum absolute atomic E-state index is 0.319. The molecule has 3 nitrogen and oxygen atoms in total. The number of carbonyl (C=O) groups excluding carboxylic acids is 1. The van der Waals surface area contributed by atoms with E-state index in [0.29, 0.717) is 18.1 Å². The van der Waals surface area contributed by atoms with Gasteiger partial charge in [-0.25, -0.2) is 4.98 Å². The molecule has 1 aliphatic carbocycles. The topological polar surface area (TPSA) is 34.9 Å². The van der Waals surface area contributed by atoms with Crippen molar-refractivity contribution in [3.8, 4) is 0 Å². The van der Waals surface area contributed by atoms with Crippen LogP contribution in [0.2, 0.25) is 0 Å². The normalized spacial score (nSPS) is 15.2. The van der Waals surface area contributed by atoms with E-state index in [0.717, 1.165) is 42.7 Å². The SMILES string of the molecule is CCCn1c(CC(=O)C2CC2)nc2ccccc21. The Morgan fingerprint density at radius 3 is 2.89 bits per heavy atom. The van der Waals surface area contributed by atoms with Gasteiger partial charge in [0.2, 0.25) is 0 Å². The van der Waals surface area contributed by atoms with E-state index < -0.39 is 0 Å². The van der Waals surface area contributed by atoms with Crippen LogP contribution in [0.5, 0.6) is 0 Å². The number of imidazole rings is 1. The van der Waals surface area contributed by atoms with Crippen LogP contribution in [0.15, 0.2) is 24.3 Å². The van der Waals surface area contributed by atoms with Crippen molar-refractivity contribution in [2.45, 2.75) is 39.2 Å². The number of aryl methyl sites for hydroxylation is 1. The first-order chi connectivity index (χ1) is 8.79. The molecule has 3 rings (SSSR count). The number of ketones is 1. The lowest BCUT2D eigenvalue weighted by molar-refractivity contribution is -0.119. The zero-order valence-corrected chi connectivity index (χ0v) is 10.7. The highest BCUT2D eigenvalue weighted by Gasteiger charge is 2.30. The Labute approximate surface area is 107 Å². The summed E-state index contributed by atoms with van der Waals surface area (Å²) in [6.45, 7) is 3.09. The van der Waals surface area contributed by atoms with Crippen molar-refractivity contribution in [2.75, 3.05) is 0 Å². The second-order valence-electron chi connectivity index (χ2n) is 5.09. The van der Waals surface area contributed by atoms with Crippen LogP contribution in [0.4, 0.5) is 0 Å². The molecule has 0 N–H and O–H groups in total. The summed E-state index contributed by atoms with van der Waals surface area (Å²) in [5.41, 5.74) is 2.16. The van der Waals surface area contributed by atoms with E-state index in [2.05, 4.69) is 22.5 Å². The number of hydrogen-bond acceptors (Lipinski definition) is 2. The highest BCUT2D eigenvalue weighted by atomic mass is 16.1. The van der Waals surface area contributed by atoms with Crippen molar-refractivity contribution in [1.82, 2.24) is 9.55 Å². The van der Waals surface area contributed by atoms with E-state index >= 15 is 0 Å². The van der Waals surface area contributed by atoms with Gasteiger partial charge in [0.25, 0.3) is 0 Å². The first-order valence-electron chi connectivity index (χ1n) is 6.76. The van der Waals surface area contributed by atoms with Gasteiger partial charge in [-0.3, -0.25) is 4.79 Å². The van der Waals surface area contributed by atoms with E-state index in [-0.39, 0.29) is 0 Å². The molecule has 0 saturated heterocycles. The predicted octanol–water partition coefficient (Wildman–Crippen LogP) is 2.97. The molecule has 2 aromatic rings. The van der Waals surface area contributed by atoms with Gasteiger partial charge in [-0.15, -0.1) is 0 Å². The highest BCUT2D eigenvalue weighted by molar-refractivity contribution is 5.86. The summed E-state index contributed by atoms with van der Waals surface area (Å²) in [5, 5.41) is 0. The van der Waals surface area contributed by atoms with E-state index in [9.17, 15) is 4.79 Å². The number of aromatic nitrogens is 2. The Bertz CT molecular complexity index is 581. The van der Waals surface area contributed by atoms with Crippen LogP contribution in [0.3, 0.4) is 0 Å².